The van der Waals surface area contributed by atoms with Crippen LogP contribution in [0.4, 0.5) is 0 Å². The second kappa shape index (κ2) is 61.6. The van der Waals surface area contributed by atoms with Crippen molar-refractivity contribution in [3.63, 3.8) is 0 Å². The van der Waals surface area contributed by atoms with Crippen LogP contribution in [-0.2, 0) is 14.3 Å². The topological polar surface area (TPSA) is 95.9 Å². The maximum atomic E-state index is 12.5. The van der Waals surface area contributed by atoms with Gasteiger partial charge in [-0.1, -0.05) is 307 Å². The summed E-state index contributed by atoms with van der Waals surface area (Å²) in [6.45, 7) is 4.88. The maximum absolute atomic E-state index is 12.5. The Morgan fingerprint density at radius 2 is 0.694 bits per heavy atom. The number of rotatable bonds is 60. The van der Waals surface area contributed by atoms with Gasteiger partial charge in [0.05, 0.1) is 25.4 Å². The molecule has 0 heterocycles. The van der Waals surface area contributed by atoms with Crippen molar-refractivity contribution >= 4 is 11.9 Å². The zero-order chi connectivity index (χ0) is 52.2. The van der Waals surface area contributed by atoms with E-state index in [0.29, 0.717) is 19.4 Å². The molecule has 0 bridgehead atoms. The lowest BCUT2D eigenvalue weighted by Gasteiger charge is -2.20. The Labute approximate surface area is 449 Å². The van der Waals surface area contributed by atoms with Crippen LogP contribution in [0.2, 0.25) is 0 Å². The molecule has 2 unspecified atom stereocenters. The Balaban J connectivity index is 3.47. The lowest BCUT2D eigenvalue weighted by atomic mass is 10.0. The highest BCUT2D eigenvalue weighted by Gasteiger charge is 2.18. The predicted molar refractivity (Wildman–Crippen MR) is 315 cm³/mol. The molecule has 0 fully saturated rings. The summed E-state index contributed by atoms with van der Waals surface area (Å²) in [5.41, 5.74) is 0. The summed E-state index contributed by atoms with van der Waals surface area (Å²) in [5, 5.41) is 23.2. The number of ether oxygens (including phenoxy) is 1. The van der Waals surface area contributed by atoms with Crippen molar-refractivity contribution in [3.05, 3.63) is 36.5 Å². The Morgan fingerprint density at radius 1 is 0.389 bits per heavy atom. The molecule has 424 valence electrons. The molecule has 6 nitrogen and oxygen atoms in total. The van der Waals surface area contributed by atoms with Crippen LogP contribution in [0.1, 0.15) is 348 Å². The molecule has 0 rings (SSSR count). The number of aliphatic hydroxyl groups is 2. The zero-order valence-corrected chi connectivity index (χ0v) is 48.4. The van der Waals surface area contributed by atoms with E-state index in [9.17, 15) is 19.8 Å². The summed E-state index contributed by atoms with van der Waals surface area (Å²) in [6.07, 6.45) is 77.5. The molecule has 0 aromatic carbocycles. The largest absolute Gasteiger partial charge is 0.466 e. The van der Waals surface area contributed by atoms with Gasteiger partial charge < -0.3 is 20.3 Å². The highest BCUT2D eigenvalue weighted by Crippen LogP contribution is 2.18. The van der Waals surface area contributed by atoms with Crippen LogP contribution in [0.15, 0.2) is 36.5 Å². The molecule has 0 aliphatic rings. The average Bonchev–Trinajstić information content (AvgIpc) is 3.38. The van der Waals surface area contributed by atoms with E-state index >= 15 is 0 Å². The van der Waals surface area contributed by atoms with Crippen LogP contribution in [0.3, 0.4) is 0 Å². The standard InChI is InChI=1S/C66H125NO5/c1-3-5-7-9-11-13-15-17-19-21-22-23-24-25-26-27-29-30-34-38-42-46-50-54-58-64(69)63(62-68)67-65(70)59-55-51-47-43-39-35-32-33-37-41-45-49-53-57-61-72-66(71)60-56-52-48-44-40-36-31-28-20-18-16-14-12-10-8-6-4-2/h12,14,18,20,54,58,63-64,68-69H,3-11,13,15-17,19,21-53,55-57,59-62H2,1-2H3,(H,67,70)/b14-12-,20-18-,58-54+. The predicted octanol–water partition coefficient (Wildman–Crippen LogP) is 20.4. The van der Waals surface area contributed by atoms with Gasteiger partial charge in [0.25, 0.3) is 0 Å². The van der Waals surface area contributed by atoms with E-state index < -0.39 is 12.1 Å². The van der Waals surface area contributed by atoms with Gasteiger partial charge in [0.15, 0.2) is 0 Å². The van der Waals surface area contributed by atoms with Gasteiger partial charge in [0.2, 0.25) is 5.91 Å². The number of hydrogen-bond donors (Lipinski definition) is 3. The van der Waals surface area contributed by atoms with Crippen LogP contribution in [-0.4, -0.2) is 47.4 Å². The number of allylic oxidation sites excluding steroid dienone is 5. The van der Waals surface area contributed by atoms with Crippen LogP contribution in [0.5, 0.6) is 0 Å². The smallest absolute Gasteiger partial charge is 0.305 e. The third kappa shape index (κ3) is 57.4. The lowest BCUT2D eigenvalue weighted by molar-refractivity contribution is -0.143. The van der Waals surface area contributed by atoms with E-state index in [4.69, 9.17) is 4.74 Å². The van der Waals surface area contributed by atoms with E-state index in [0.717, 1.165) is 64.2 Å². The van der Waals surface area contributed by atoms with Crippen molar-refractivity contribution < 1.29 is 24.5 Å². The Kier molecular flexibility index (Phi) is 60.0. The van der Waals surface area contributed by atoms with Gasteiger partial charge in [-0.3, -0.25) is 9.59 Å². The summed E-state index contributed by atoms with van der Waals surface area (Å²) < 4.78 is 5.48. The molecule has 1 amide bonds. The molecular formula is C66H125NO5. The summed E-state index contributed by atoms with van der Waals surface area (Å²) in [4.78, 5) is 24.6. The first kappa shape index (κ1) is 70.1. The van der Waals surface area contributed by atoms with Gasteiger partial charge in [-0.2, -0.15) is 0 Å². The van der Waals surface area contributed by atoms with E-state index in [2.05, 4.69) is 43.5 Å². The fraction of sp³-hybridized carbons (Fsp3) is 0.879. The van der Waals surface area contributed by atoms with Crippen LogP contribution >= 0.6 is 0 Å². The summed E-state index contributed by atoms with van der Waals surface area (Å²) in [5.74, 6) is -0.0862. The molecule has 0 aromatic rings. The molecule has 72 heavy (non-hydrogen) atoms. The number of carbonyl (C=O) groups excluding carboxylic acids is 2. The number of esters is 1. The number of nitrogens with one attached hydrogen (secondary N) is 1. The molecule has 0 radical (unpaired) electrons. The first-order valence-electron chi connectivity index (χ1n) is 32.3. The number of hydrogen-bond acceptors (Lipinski definition) is 5. The van der Waals surface area contributed by atoms with Crippen LogP contribution in [0, 0.1) is 0 Å². The maximum Gasteiger partial charge on any atom is 0.305 e. The minimum atomic E-state index is -0.854. The molecule has 0 aliphatic heterocycles. The number of aliphatic hydroxyl groups excluding tert-OH is 2. The van der Waals surface area contributed by atoms with E-state index in [-0.39, 0.29) is 18.5 Å². The molecule has 2 atom stereocenters. The van der Waals surface area contributed by atoms with Crippen LogP contribution < -0.4 is 5.32 Å². The quantitative estimate of drug-likeness (QED) is 0.0320. The number of carbonyl (C=O) groups is 2. The summed E-state index contributed by atoms with van der Waals surface area (Å²) >= 11 is 0. The van der Waals surface area contributed by atoms with Gasteiger partial charge >= 0.3 is 5.97 Å². The Bertz CT molecular complexity index is 1170. The van der Waals surface area contributed by atoms with Gasteiger partial charge in [0.1, 0.15) is 0 Å². The molecule has 0 saturated carbocycles. The van der Waals surface area contributed by atoms with Crippen molar-refractivity contribution in [2.24, 2.45) is 0 Å². The molecule has 0 spiro atoms. The molecule has 0 aliphatic carbocycles. The third-order valence-electron chi connectivity index (χ3n) is 14.9. The third-order valence-corrected chi connectivity index (χ3v) is 14.9. The van der Waals surface area contributed by atoms with E-state index in [1.165, 1.54) is 257 Å². The minimum Gasteiger partial charge on any atom is -0.466 e. The van der Waals surface area contributed by atoms with Gasteiger partial charge in [-0.05, 0) is 64.2 Å². The van der Waals surface area contributed by atoms with Crippen molar-refractivity contribution in [1.29, 1.82) is 0 Å². The number of unbranched alkanes of at least 4 members (excludes halogenated alkanes) is 45. The fourth-order valence-electron chi connectivity index (χ4n) is 9.96. The van der Waals surface area contributed by atoms with Gasteiger partial charge in [0, 0.05) is 12.8 Å². The average molecular weight is 1010 g/mol. The Hall–Kier alpha value is -1.92. The first-order valence-corrected chi connectivity index (χ1v) is 32.3. The second-order valence-corrected chi connectivity index (χ2v) is 22.1. The zero-order valence-electron chi connectivity index (χ0n) is 48.4. The van der Waals surface area contributed by atoms with Crippen molar-refractivity contribution in [2.75, 3.05) is 13.2 Å². The number of amides is 1. The molecular weight excluding hydrogens is 887 g/mol. The minimum absolute atomic E-state index is 0.0105. The molecule has 6 heteroatoms. The van der Waals surface area contributed by atoms with E-state index in [1.54, 1.807) is 6.08 Å². The van der Waals surface area contributed by atoms with Gasteiger partial charge in [-0.25, -0.2) is 0 Å². The van der Waals surface area contributed by atoms with Crippen molar-refractivity contribution in [1.82, 2.24) is 5.32 Å². The second-order valence-electron chi connectivity index (χ2n) is 22.1. The summed E-state index contributed by atoms with van der Waals surface area (Å²) in [6, 6.07) is -0.638. The normalized spacial score (nSPS) is 12.8. The van der Waals surface area contributed by atoms with E-state index in [1.807, 2.05) is 6.08 Å². The lowest BCUT2D eigenvalue weighted by Crippen LogP contribution is -2.45. The molecule has 0 aromatic heterocycles. The first-order chi connectivity index (χ1) is 35.5. The fourth-order valence-corrected chi connectivity index (χ4v) is 9.96. The molecule has 0 saturated heterocycles. The molecule has 3 N–H and O–H groups in total. The van der Waals surface area contributed by atoms with Crippen molar-refractivity contribution in [3.8, 4) is 0 Å². The summed E-state index contributed by atoms with van der Waals surface area (Å²) in [7, 11) is 0. The van der Waals surface area contributed by atoms with Crippen LogP contribution in [0.25, 0.3) is 0 Å². The highest BCUT2D eigenvalue weighted by molar-refractivity contribution is 5.76. The SMILES string of the molecule is CCCCC/C=C\C/C=C\CCCCCCCCCC(=O)OCCCCCCCCCCCCCCCCC(=O)NC(CO)C(O)/C=C/CCCCCCCCCCCCCCCCCCCCCCCC. The van der Waals surface area contributed by atoms with Crippen molar-refractivity contribution in [2.45, 2.75) is 360 Å². The highest BCUT2D eigenvalue weighted by atomic mass is 16.5. The Morgan fingerprint density at radius 3 is 1.08 bits per heavy atom. The van der Waals surface area contributed by atoms with Gasteiger partial charge in [-0.15, -0.1) is 0 Å². The monoisotopic (exact) mass is 1010 g/mol.